The summed E-state index contributed by atoms with van der Waals surface area (Å²) >= 11 is 0. The Morgan fingerprint density at radius 1 is 1.32 bits per heavy atom. The second-order valence-corrected chi connectivity index (χ2v) is 7.96. The van der Waals surface area contributed by atoms with Crippen LogP contribution in [0.4, 0.5) is 5.69 Å². The Bertz CT molecular complexity index is 560. The van der Waals surface area contributed by atoms with Gasteiger partial charge in [-0.25, -0.2) is 0 Å². The standard InChI is InChI=1S/C21H33N3O/c1-16-5-3-7-20(13-16)23-19-8-11-24(12-9-19)21(25)14-17(2)18-6-4-10-22-15-18/h3,5,7,13,17-19,22-23H,4,6,8-12,14-15H2,1-2H3. The summed E-state index contributed by atoms with van der Waals surface area (Å²) in [6.07, 6.45) is 5.31. The van der Waals surface area contributed by atoms with Crippen molar-refractivity contribution in [2.24, 2.45) is 11.8 Å². The third-order valence-corrected chi connectivity index (χ3v) is 5.87. The maximum Gasteiger partial charge on any atom is 0.222 e. The zero-order valence-corrected chi connectivity index (χ0v) is 15.8. The lowest BCUT2D eigenvalue weighted by Gasteiger charge is -2.35. The lowest BCUT2D eigenvalue weighted by atomic mass is 9.85. The van der Waals surface area contributed by atoms with Gasteiger partial charge in [-0.05, 0) is 75.2 Å². The van der Waals surface area contributed by atoms with Crippen molar-refractivity contribution in [1.82, 2.24) is 10.2 Å². The number of hydrogen-bond acceptors (Lipinski definition) is 3. The predicted molar refractivity (Wildman–Crippen MR) is 104 cm³/mol. The van der Waals surface area contributed by atoms with Crippen molar-refractivity contribution in [3.63, 3.8) is 0 Å². The molecule has 2 saturated heterocycles. The lowest BCUT2D eigenvalue weighted by molar-refractivity contribution is -0.133. The average molecular weight is 344 g/mol. The summed E-state index contributed by atoms with van der Waals surface area (Å²) < 4.78 is 0. The number of likely N-dealkylation sites (tertiary alicyclic amines) is 1. The van der Waals surface area contributed by atoms with E-state index >= 15 is 0 Å². The first kappa shape index (κ1) is 18.2. The quantitative estimate of drug-likeness (QED) is 0.861. The molecule has 2 fully saturated rings. The normalized spacial score (nSPS) is 23.3. The number of nitrogens with one attached hydrogen (secondary N) is 2. The van der Waals surface area contributed by atoms with E-state index in [1.807, 2.05) is 0 Å². The maximum absolute atomic E-state index is 12.6. The van der Waals surface area contributed by atoms with E-state index in [9.17, 15) is 4.79 Å². The number of benzene rings is 1. The molecule has 4 heteroatoms. The largest absolute Gasteiger partial charge is 0.382 e. The highest BCUT2D eigenvalue weighted by molar-refractivity contribution is 5.76. The Kier molecular flexibility index (Phi) is 6.35. The summed E-state index contributed by atoms with van der Waals surface area (Å²) in [5, 5.41) is 7.10. The molecule has 4 nitrogen and oxygen atoms in total. The van der Waals surface area contributed by atoms with Crippen LogP contribution < -0.4 is 10.6 Å². The highest BCUT2D eigenvalue weighted by Gasteiger charge is 2.27. The van der Waals surface area contributed by atoms with E-state index in [0.717, 1.165) is 39.0 Å². The molecule has 25 heavy (non-hydrogen) atoms. The molecular formula is C21H33N3O. The Labute approximate surface area is 152 Å². The summed E-state index contributed by atoms with van der Waals surface area (Å²) in [4.78, 5) is 14.7. The van der Waals surface area contributed by atoms with Gasteiger partial charge in [0.25, 0.3) is 0 Å². The molecule has 2 heterocycles. The van der Waals surface area contributed by atoms with Crippen molar-refractivity contribution >= 4 is 11.6 Å². The summed E-state index contributed by atoms with van der Waals surface area (Å²) in [7, 11) is 0. The molecule has 1 aromatic carbocycles. The molecule has 1 amide bonds. The van der Waals surface area contributed by atoms with Crippen molar-refractivity contribution in [2.75, 3.05) is 31.5 Å². The number of piperidine rings is 2. The zero-order valence-electron chi connectivity index (χ0n) is 15.8. The van der Waals surface area contributed by atoms with Gasteiger partial charge in [0.1, 0.15) is 0 Å². The first-order chi connectivity index (χ1) is 12.1. The van der Waals surface area contributed by atoms with Crippen molar-refractivity contribution in [3.05, 3.63) is 29.8 Å². The summed E-state index contributed by atoms with van der Waals surface area (Å²) in [6.45, 7) is 8.36. The van der Waals surface area contributed by atoms with Gasteiger partial charge in [-0.2, -0.15) is 0 Å². The van der Waals surface area contributed by atoms with Crippen LogP contribution in [-0.4, -0.2) is 43.0 Å². The first-order valence-electron chi connectivity index (χ1n) is 9.93. The fourth-order valence-electron chi connectivity index (χ4n) is 4.18. The first-order valence-corrected chi connectivity index (χ1v) is 9.93. The van der Waals surface area contributed by atoms with Gasteiger partial charge in [0, 0.05) is 31.2 Å². The third-order valence-electron chi connectivity index (χ3n) is 5.87. The second kappa shape index (κ2) is 8.70. The molecule has 0 aromatic heterocycles. The average Bonchev–Trinajstić information content (AvgIpc) is 2.63. The van der Waals surface area contributed by atoms with Crippen LogP contribution in [-0.2, 0) is 4.79 Å². The Morgan fingerprint density at radius 2 is 2.12 bits per heavy atom. The number of amides is 1. The number of aryl methyl sites for hydroxylation is 1. The zero-order chi connectivity index (χ0) is 17.6. The molecule has 0 spiro atoms. The molecule has 0 radical (unpaired) electrons. The van der Waals surface area contributed by atoms with Gasteiger partial charge in [-0.1, -0.05) is 19.1 Å². The minimum Gasteiger partial charge on any atom is -0.382 e. The molecule has 2 aliphatic rings. The van der Waals surface area contributed by atoms with Crippen molar-refractivity contribution < 1.29 is 4.79 Å². The minimum atomic E-state index is 0.354. The van der Waals surface area contributed by atoms with E-state index in [1.165, 1.54) is 24.1 Å². The smallest absolute Gasteiger partial charge is 0.222 e. The molecular weight excluding hydrogens is 310 g/mol. The molecule has 3 rings (SSSR count). The number of anilines is 1. The number of rotatable bonds is 5. The van der Waals surface area contributed by atoms with Crippen molar-refractivity contribution in [1.29, 1.82) is 0 Å². The van der Waals surface area contributed by atoms with Gasteiger partial charge in [0.2, 0.25) is 5.91 Å². The Morgan fingerprint density at radius 3 is 2.80 bits per heavy atom. The van der Waals surface area contributed by atoms with Gasteiger partial charge in [0.05, 0.1) is 0 Å². The van der Waals surface area contributed by atoms with E-state index in [1.54, 1.807) is 0 Å². The lowest BCUT2D eigenvalue weighted by Crippen LogP contribution is -2.43. The fourth-order valence-corrected chi connectivity index (χ4v) is 4.18. The SMILES string of the molecule is Cc1cccc(NC2CCN(C(=O)CC(C)C3CCCNC3)CC2)c1. The monoisotopic (exact) mass is 343 g/mol. The molecule has 0 bridgehead atoms. The summed E-state index contributed by atoms with van der Waals surface area (Å²) in [6, 6.07) is 9.01. The van der Waals surface area contributed by atoms with Gasteiger partial charge in [-0.15, -0.1) is 0 Å². The maximum atomic E-state index is 12.6. The number of carbonyl (C=O) groups is 1. The van der Waals surface area contributed by atoms with E-state index in [4.69, 9.17) is 0 Å². The topological polar surface area (TPSA) is 44.4 Å². The van der Waals surface area contributed by atoms with Crippen LogP contribution in [0.25, 0.3) is 0 Å². The van der Waals surface area contributed by atoms with E-state index in [2.05, 4.69) is 53.6 Å². The number of hydrogen-bond donors (Lipinski definition) is 2. The molecule has 0 saturated carbocycles. The minimum absolute atomic E-state index is 0.354. The molecule has 1 aromatic rings. The number of nitrogens with zero attached hydrogens (tertiary/aromatic N) is 1. The van der Waals surface area contributed by atoms with Gasteiger partial charge in [0.15, 0.2) is 0 Å². The molecule has 0 aliphatic carbocycles. The van der Waals surface area contributed by atoms with Crippen LogP contribution in [0, 0.1) is 18.8 Å². The van der Waals surface area contributed by atoms with Crippen LogP contribution in [0.1, 0.15) is 44.6 Å². The van der Waals surface area contributed by atoms with Crippen LogP contribution in [0.15, 0.2) is 24.3 Å². The Balaban J connectivity index is 1.42. The van der Waals surface area contributed by atoms with Crippen LogP contribution in [0.2, 0.25) is 0 Å². The van der Waals surface area contributed by atoms with Crippen LogP contribution >= 0.6 is 0 Å². The van der Waals surface area contributed by atoms with Gasteiger partial charge in [-0.3, -0.25) is 4.79 Å². The van der Waals surface area contributed by atoms with Gasteiger partial charge < -0.3 is 15.5 Å². The third kappa shape index (κ3) is 5.21. The van der Waals surface area contributed by atoms with E-state index in [-0.39, 0.29) is 0 Å². The van der Waals surface area contributed by atoms with E-state index in [0.29, 0.717) is 30.2 Å². The highest BCUT2D eigenvalue weighted by atomic mass is 16.2. The Hall–Kier alpha value is -1.55. The highest BCUT2D eigenvalue weighted by Crippen LogP contribution is 2.24. The van der Waals surface area contributed by atoms with Crippen LogP contribution in [0.3, 0.4) is 0 Å². The molecule has 2 aliphatic heterocycles. The van der Waals surface area contributed by atoms with Crippen LogP contribution in [0.5, 0.6) is 0 Å². The summed E-state index contributed by atoms with van der Waals surface area (Å²) in [5.74, 6) is 1.51. The van der Waals surface area contributed by atoms with Gasteiger partial charge >= 0.3 is 0 Å². The molecule has 2 atom stereocenters. The molecule has 138 valence electrons. The van der Waals surface area contributed by atoms with E-state index < -0.39 is 0 Å². The molecule has 2 N–H and O–H groups in total. The number of carbonyl (C=O) groups excluding carboxylic acids is 1. The molecule has 2 unspecified atom stereocenters. The fraction of sp³-hybridized carbons (Fsp3) is 0.667. The van der Waals surface area contributed by atoms with Crippen molar-refractivity contribution in [3.8, 4) is 0 Å². The van der Waals surface area contributed by atoms with Crippen molar-refractivity contribution in [2.45, 2.75) is 52.0 Å². The summed E-state index contributed by atoms with van der Waals surface area (Å²) in [5.41, 5.74) is 2.48. The predicted octanol–water partition coefficient (Wildman–Crippen LogP) is 3.42. The second-order valence-electron chi connectivity index (χ2n) is 7.96.